The van der Waals surface area contributed by atoms with E-state index in [4.69, 9.17) is 11.6 Å². The molecule has 2 aromatic carbocycles. The van der Waals surface area contributed by atoms with Gasteiger partial charge in [0.15, 0.2) is 0 Å². The molecule has 0 saturated carbocycles. The summed E-state index contributed by atoms with van der Waals surface area (Å²) in [6.07, 6.45) is 0. The van der Waals surface area contributed by atoms with Crippen molar-refractivity contribution in [2.24, 2.45) is 0 Å². The monoisotopic (exact) mass is 320 g/mol. The van der Waals surface area contributed by atoms with Crippen LogP contribution in [-0.4, -0.2) is 11.1 Å². The molecular formula is C15H13ClN2O2S. The molecule has 2 rings (SSSR count). The van der Waals surface area contributed by atoms with Crippen molar-refractivity contribution in [1.82, 2.24) is 5.32 Å². The molecule has 2 amide bonds. The van der Waals surface area contributed by atoms with Crippen molar-refractivity contribution < 1.29 is 9.59 Å². The van der Waals surface area contributed by atoms with E-state index in [1.165, 1.54) is 6.07 Å². The lowest BCUT2D eigenvalue weighted by molar-refractivity contribution is 0.0969. The molecule has 21 heavy (non-hydrogen) atoms. The number of carbonyl (C=O) groups excluding carboxylic acids is 2. The van der Waals surface area contributed by atoms with E-state index in [-0.39, 0.29) is 0 Å². The summed E-state index contributed by atoms with van der Waals surface area (Å²) in [6, 6.07) is 14.0. The van der Waals surface area contributed by atoms with E-state index in [2.05, 4.69) is 10.0 Å². The summed E-state index contributed by atoms with van der Waals surface area (Å²) in [5, 5.41) is 2.23. The minimum Gasteiger partial charge on any atom is -0.322 e. The van der Waals surface area contributed by atoms with Crippen LogP contribution in [-0.2, 0) is 0 Å². The van der Waals surface area contributed by atoms with Gasteiger partial charge in [-0.1, -0.05) is 35.4 Å². The Labute approximate surface area is 132 Å². The van der Waals surface area contributed by atoms with Crippen molar-refractivity contribution in [1.29, 1.82) is 0 Å². The third kappa shape index (κ3) is 4.81. The van der Waals surface area contributed by atoms with Crippen LogP contribution in [0, 0.1) is 6.92 Å². The van der Waals surface area contributed by atoms with Crippen LogP contribution in [0.2, 0.25) is 5.02 Å². The Kier molecular flexibility index (Phi) is 5.25. The first-order valence-corrected chi connectivity index (χ1v) is 7.34. The molecule has 0 aromatic heterocycles. The summed E-state index contributed by atoms with van der Waals surface area (Å²) >= 11 is 6.61. The number of imide groups is 1. The fourth-order valence-corrected chi connectivity index (χ4v) is 2.23. The summed E-state index contributed by atoms with van der Waals surface area (Å²) in [6.45, 7) is 1.98. The molecule has 0 aliphatic rings. The third-order valence-corrected chi connectivity index (χ3v) is 3.48. The zero-order valence-electron chi connectivity index (χ0n) is 11.2. The number of anilines is 1. The Balaban J connectivity index is 1.87. The van der Waals surface area contributed by atoms with E-state index < -0.39 is 11.1 Å². The largest absolute Gasteiger partial charge is 0.322 e. The summed E-state index contributed by atoms with van der Waals surface area (Å²) < 4.78 is 2.87. The molecule has 0 fully saturated rings. The number of carbonyl (C=O) groups is 2. The van der Waals surface area contributed by atoms with Gasteiger partial charge in [0.1, 0.15) is 0 Å². The number of hydrogen-bond acceptors (Lipinski definition) is 4. The van der Waals surface area contributed by atoms with Crippen LogP contribution in [0.3, 0.4) is 0 Å². The first kappa shape index (κ1) is 15.4. The molecule has 0 saturated heterocycles. The van der Waals surface area contributed by atoms with Crippen LogP contribution in [0.15, 0.2) is 48.5 Å². The van der Waals surface area contributed by atoms with Gasteiger partial charge in [-0.3, -0.25) is 14.9 Å². The van der Waals surface area contributed by atoms with Crippen molar-refractivity contribution in [2.45, 2.75) is 6.92 Å². The van der Waals surface area contributed by atoms with E-state index >= 15 is 0 Å². The fraction of sp³-hybridized carbons (Fsp3) is 0.0667. The topological polar surface area (TPSA) is 58.2 Å². The van der Waals surface area contributed by atoms with Gasteiger partial charge >= 0.3 is 5.24 Å². The van der Waals surface area contributed by atoms with Crippen molar-refractivity contribution >= 4 is 40.4 Å². The summed E-state index contributed by atoms with van der Waals surface area (Å²) in [5.74, 6) is -0.485. The number of amides is 2. The number of halogens is 1. The first-order chi connectivity index (χ1) is 10.0. The number of benzene rings is 2. The number of rotatable bonds is 3. The molecule has 0 aliphatic carbocycles. The second-order valence-corrected chi connectivity index (χ2v) is 5.54. The Morgan fingerprint density at radius 3 is 2.48 bits per heavy atom. The number of nitrogens with one attached hydrogen (secondary N) is 2. The zero-order valence-corrected chi connectivity index (χ0v) is 12.8. The molecule has 2 N–H and O–H groups in total. The highest BCUT2D eigenvalue weighted by Crippen LogP contribution is 2.15. The summed E-state index contributed by atoms with van der Waals surface area (Å²) in [5.41, 5.74) is 2.26. The van der Waals surface area contributed by atoms with E-state index in [0.717, 1.165) is 23.2 Å². The van der Waals surface area contributed by atoms with Gasteiger partial charge in [0.2, 0.25) is 0 Å². The van der Waals surface area contributed by atoms with Crippen LogP contribution >= 0.6 is 23.5 Å². The van der Waals surface area contributed by atoms with Gasteiger partial charge in [0.05, 0.1) is 0 Å². The maximum Gasteiger partial charge on any atom is 0.306 e. The van der Waals surface area contributed by atoms with Crippen LogP contribution in [0.4, 0.5) is 10.5 Å². The molecule has 0 bridgehead atoms. The molecule has 0 unspecified atom stereocenters. The molecule has 2 aromatic rings. The van der Waals surface area contributed by atoms with Gasteiger partial charge in [-0.2, -0.15) is 0 Å². The quantitative estimate of drug-likeness (QED) is 0.830. The average Bonchev–Trinajstić information content (AvgIpc) is 2.46. The highest BCUT2D eigenvalue weighted by molar-refractivity contribution is 8.14. The zero-order chi connectivity index (χ0) is 15.2. The van der Waals surface area contributed by atoms with E-state index in [1.54, 1.807) is 18.2 Å². The van der Waals surface area contributed by atoms with Crippen LogP contribution in [0.1, 0.15) is 15.9 Å². The Bertz CT molecular complexity index is 659. The molecular weight excluding hydrogens is 308 g/mol. The molecule has 0 aliphatic heterocycles. The minimum atomic E-state index is -0.486. The van der Waals surface area contributed by atoms with Crippen molar-refractivity contribution in [3.63, 3.8) is 0 Å². The van der Waals surface area contributed by atoms with Gasteiger partial charge in [-0.05, 0) is 37.3 Å². The molecule has 0 heterocycles. The first-order valence-electron chi connectivity index (χ1n) is 6.15. The second-order valence-electron chi connectivity index (χ2n) is 4.32. The fourth-order valence-electron chi connectivity index (χ4n) is 1.55. The van der Waals surface area contributed by atoms with Crippen molar-refractivity contribution in [2.75, 3.05) is 4.72 Å². The van der Waals surface area contributed by atoms with Gasteiger partial charge < -0.3 is 4.72 Å². The van der Waals surface area contributed by atoms with Gasteiger partial charge in [-0.15, -0.1) is 0 Å². The molecule has 0 radical (unpaired) electrons. The third-order valence-electron chi connectivity index (χ3n) is 2.62. The molecule has 108 valence electrons. The Hall–Kier alpha value is -1.98. The lowest BCUT2D eigenvalue weighted by atomic mass is 10.2. The second kappa shape index (κ2) is 7.15. The normalized spacial score (nSPS) is 10.0. The maximum absolute atomic E-state index is 11.8. The van der Waals surface area contributed by atoms with Crippen molar-refractivity contribution in [3.8, 4) is 0 Å². The van der Waals surface area contributed by atoms with Crippen LogP contribution in [0.25, 0.3) is 0 Å². The highest BCUT2D eigenvalue weighted by Gasteiger charge is 2.11. The van der Waals surface area contributed by atoms with Gasteiger partial charge in [-0.25, -0.2) is 0 Å². The Morgan fingerprint density at radius 2 is 1.81 bits per heavy atom. The summed E-state index contributed by atoms with van der Waals surface area (Å²) in [7, 11) is 0. The van der Waals surface area contributed by atoms with Gasteiger partial charge in [0, 0.05) is 28.2 Å². The molecule has 6 heteroatoms. The number of aryl methyl sites for hydroxylation is 1. The number of hydrogen-bond donors (Lipinski definition) is 2. The Morgan fingerprint density at radius 1 is 1.10 bits per heavy atom. The van der Waals surface area contributed by atoms with E-state index in [0.29, 0.717) is 10.6 Å². The molecule has 0 atom stereocenters. The van der Waals surface area contributed by atoms with Gasteiger partial charge in [0.25, 0.3) is 5.91 Å². The average molecular weight is 321 g/mol. The molecule has 4 nitrogen and oxygen atoms in total. The van der Waals surface area contributed by atoms with Crippen LogP contribution < -0.4 is 10.0 Å². The van der Waals surface area contributed by atoms with E-state index in [9.17, 15) is 9.59 Å². The smallest absolute Gasteiger partial charge is 0.306 e. The summed E-state index contributed by atoms with van der Waals surface area (Å²) in [4.78, 5) is 23.5. The lowest BCUT2D eigenvalue weighted by Crippen LogP contribution is -2.27. The minimum absolute atomic E-state index is 0.340. The molecule has 0 spiro atoms. The van der Waals surface area contributed by atoms with E-state index in [1.807, 2.05) is 31.2 Å². The maximum atomic E-state index is 11.8. The van der Waals surface area contributed by atoms with Crippen molar-refractivity contribution in [3.05, 3.63) is 64.7 Å². The van der Waals surface area contributed by atoms with Crippen LogP contribution in [0.5, 0.6) is 0 Å². The lowest BCUT2D eigenvalue weighted by Gasteiger charge is -2.06. The predicted molar refractivity (Wildman–Crippen MR) is 86.7 cm³/mol. The SMILES string of the molecule is Cc1ccc(NSC(=O)NC(=O)c2cccc(Cl)c2)cc1. The highest BCUT2D eigenvalue weighted by atomic mass is 35.5. The standard InChI is InChI=1S/C15H13ClN2O2S/c1-10-5-7-13(8-6-10)18-21-15(20)17-14(19)11-3-2-4-12(16)9-11/h2-9,18H,1H3,(H,17,19,20). The predicted octanol–water partition coefficient (Wildman–Crippen LogP) is 4.26.